The number of likely N-dealkylation sites (N-methyl/N-ethyl adjacent to an activating group) is 4. The summed E-state index contributed by atoms with van der Waals surface area (Å²) in [5, 5.41) is 12.1. The van der Waals surface area contributed by atoms with Gasteiger partial charge in [0.2, 0.25) is 0 Å². The van der Waals surface area contributed by atoms with Crippen LogP contribution >= 0.6 is 0 Å². The van der Waals surface area contributed by atoms with Gasteiger partial charge in [-0.15, -0.1) is 0 Å². The Morgan fingerprint density at radius 1 is 0.889 bits per heavy atom. The number of ether oxygens (including phenoxy) is 1. The lowest BCUT2D eigenvalue weighted by atomic mass is 9.81. The van der Waals surface area contributed by atoms with Crippen LogP contribution in [0.2, 0.25) is 0 Å². The summed E-state index contributed by atoms with van der Waals surface area (Å²) >= 11 is 0. The Kier molecular flexibility index (Phi) is 5.87. The summed E-state index contributed by atoms with van der Waals surface area (Å²) in [6.45, 7) is 6.82. The highest BCUT2D eigenvalue weighted by Crippen LogP contribution is 2.52. The van der Waals surface area contributed by atoms with E-state index < -0.39 is 6.09 Å². The molecule has 2 fully saturated rings. The van der Waals surface area contributed by atoms with Crippen molar-refractivity contribution < 1.29 is 14.6 Å². The molecular weight excluding hydrogens is 454 g/mol. The van der Waals surface area contributed by atoms with E-state index in [1.165, 1.54) is 22.5 Å². The summed E-state index contributed by atoms with van der Waals surface area (Å²) in [7, 11) is 10.2. The van der Waals surface area contributed by atoms with Gasteiger partial charge in [-0.1, -0.05) is 13.8 Å². The first-order valence-electron chi connectivity index (χ1n) is 12.7. The zero-order chi connectivity index (χ0) is 26.0. The van der Waals surface area contributed by atoms with E-state index in [0.717, 1.165) is 25.9 Å². The molecule has 6 rings (SSSR count). The summed E-state index contributed by atoms with van der Waals surface area (Å²) in [5.74, 6) is 0.983. The number of nitrogens with zero attached hydrogens (tertiary/aromatic N) is 4. The number of phenols is 1. The van der Waals surface area contributed by atoms with E-state index >= 15 is 0 Å². The molecule has 0 bridgehead atoms. The maximum absolute atomic E-state index is 11.4. The van der Waals surface area contributed by atoms with E-state index in [-0.39, 0.29) is 10.8 Å². The fourth-order valence-electron chi connectivity index (χ4n) is 7.34. The van der Waals surface area contributed by atoms with Gasteiger partial charge in [0.05, 0.1) is 12.3 Å². The molecule has 4 atom stereocenters. The lowest BCUT2D eigenvalue weighted by Gasteiger charge is -2.32. The molecule has 8 heteroatoms. The number of hydrogen-bond donors (Lipinski definition) is 2. The topological polar surface area (TPSA) is 71.5 Å². The highest BCUT2D eigenvalue weighted by molar-refractivity contribution is 5.72. The van der Waals surface area contributed by atoms with Crippen LogP contribution in [0, 0.1) is 0 Å². The van der Waals surface area contributed by atoms with E-state index in [1.807, 2.05) is 30.3 Å². The van der Waals surface area contributed by atoms with Crippen molar-refractivity contribution in [1.82, 2.24) is 15.1 Å². The first-order valence-corrected chi connectivity index (χ1v) is 12.7. The van der Waals surface area contributed by atoms with Gasteiger partial charge in [0.15, 0.2) is 0 Å². The molecule has 8 nitrogen and oxygen atoms in total. The Morgan fingerprint density at radius 2 is 1.39 bits per heavy atom. The Labute approximate surface area is 214 Å². The van der Waals surface area contributed by atoms with Crippen molar-refractivity contribution in [3.63, 3.8) is 0 Å². The molecule has 194 valence electrons. The molecule has 2 aromatic carbocycles. The number of aromatic hydroxyl groups is 1. The molecule has 2 saturated heterocycles. The average Bonchev–Trinajstić information content (AvgIpc) is 3.47. The number of fused-ring (bicyclic) bond motifs is 6. The van der Waals surface area contributed by atoms with Gasteiger partial charge in [-0.25, -0.2) is 4.79 Å². The molecule has 0 saturated carbocycles. The molecule has 0 aromatic heterocycles. The fourth-order valence-corrected chi connectivity index (χ4v) is 7.34. The Balaban J connectivity index is 0.000000152. The maximum atomic E-state index is 11.4. The van der Waals surface area contributed by atoms with Gasteiger partial charge in [0, 0.05) is 56.4 Å². The maximum Gasteiger partial charge on any atom is 0.412 e. The van der Waals surface area contributed by atoms with Crippen LogP contribution in [-0.2, 0) is 10.8 Å². The van der Waals surface area contributed by atoms with Crippen molar-refractivity contribution in [3.8, 4) is 11.5 Å². The third-order valence-corrected chi connectivity index (χ3v) is 9.03. The van der Waals surface area contributed by atoms with Crippen LogP contribution in [0.4, 0.5) is 16.2 Å². The van der Waals surface area contributed by atoms with Gasteiger partial charge in [-0.3, -0.25) is 9.80 Å². The Bertz CT molecular complexity index is 1190. The van der Waals surface area contributed by atoms with E-state index in [9.17, 15) is 9.90 Å². The molecule has 36 heavy (non-hydrogen) atoms. The number of benzene rings is 2. The monoisotopic (exact) mass is 493 g/mol. The normalized spacial score (nSPS) is 30.3. The lowest BCUT2D eigenvalue weighted by Crippen LogP contribution is -2.45. The number of phenolic OH excluding ortho intramolecular Hbond substituents is 1. The van der Waals surface area contributed by atoms with Crippen molar-refractivity contribution in [2.75, 3.05) is 58.1 Å². The quantitative estimate of drug-likeness (QED) is 0.630. The van der Waals surface area contributed by atoms with Gasteiger partial charge < -0.3 is 25.0 Å². The number of rotatable bonds is 1. The highest BCUT2D eigenvalue weighted by atomic mass is 16.5. The van der Waals surface area contributed by atoms with Crippen molar-refractivity contribution >= 4 is 17.5 Å². The molecule has 2 unspecified atom stereocenters. The molecule has 0 spiro atoms. The first-order chi connectivity index (χ1) is 17.0. The number of anilines is 2. The van der Waals surface area contributed by atoms with Crippen LogP contribution in [0.25, 0.3) is 0 Å². The third-order valence-electron chi connectivity index (χ3n) is 9.03. The van der Waals surface area contributed by atoms with Crippen LogP contribution in [0.5, 0.6) is 11.5 Å². The van der Waals surface area contributed by atoms with E-state index in [0.29, 0.717) is 23.8 Å². The Hall–Kier alpha value is -2.97. The number of hydrogen-bond acceptors (Lipinski definition) is 7. The zero-order valence-electron chi connectivity index (χ0n) is 22.5. The molecule has 0 aliphatic carbocycles. The minimum absolute atomic E-state index is 0.0981. The van der Waals surface area contributed by atoms with Gasteiger partial charge >= 0.3 is 6.09 Å². The first kappa shape index (κ1) is 24.7. The predicted molar refractivity (Wildman–Crippen MR) is 143 cm³/mol. The average molecular weight is 494 g/mol. The summed E-state index contributed by atoms with van der Waals surface area (Å²) in [5.41, 5.74) is 5.32. The van der Waals surface area contributed by atoms with E-state index in [2.05, 4.69) is 67.0 Å². The summed E-state index contributed by atoms with van der Waals surface area (Å²) in [4.78, 5) is 20.8. The fraction of sp³-hybridized carbons (Fsp3) is 0.536. The van der Waals surface area contributed by atoms with E-state index in [4.69, 9.17) is 4.74 Å². The predicted octanol–water partition coefficient (Wildman–Crippen LogP) is 3.54. The summed E-state index contributed by atoms with van der Waals surface area (Å²) < 4.78 is 5.26. The van der Waals surface area contributed by atoms with Crippen molar-refractivity contribution in [2.24, 2.45) is 0 Å². The number of amides is 1. The van der Waals surface area contributed by atoms with Gasteiger partial charge in [-0.05, 0) is 74.5 Å². The van der Waals surface area contributed by atoms with Crippen LogP contribution in [-0.4, -0.2) is 81.7 Å². The second-order valence-electron chi connectivity index (χ2n) is 11.3. The third kappa shape index (κ3) is 3.53. The smallest absolute Gasteiger partial charge is 0.412 e. The largest absolute Gasteiger partial charge is 0.508 e. The number of likely N-dealkylation sites (tertiary alicyclic amines) is 2. The van der Waals surface area contributed by atoms with Crippen molar-refractivity contribution in [2.45, 2.75) is 49.9 Å². The molecule has 4 aliphatic rings. The number of carbonyl (C=O) groups is 1. The summed E-state index contributed by atoms with van der Waals surface area (Å²) in [6, 6.07) is 11.7. The standard InChI is InChI=1S/C15H21N3O2.C13H18N2O/c1-15-7-8-17(3)13(15)18(4)12-6-5-10(9-11(12)15)20-14(19)16-2;1-13-6-7-14(2)12(13)15(3)11-5-4-9(16)8-10(11)13/h5-6,9,13H,7-8H2,1-4H3,(H,16,19);4-5,8,12,16H,6-7H2,1-3H3/t13?,15-;12?,13-/m00/s1. The minimum Gasteiger partial charge on any atom is -0.508 e. The summed E-state index contributed by atoms with van der Waals surface area (Å²) in [6.07, 6.45) is 2.67. The molecule has 0 radical (unpaired) electrons. The molecule has 4 aliphatic heterocycles. The van der Waals surface area contributed by atoms with Crippen LogP contribution < -0.4 is 19.9 Å². The van der Waals surface area contributed by atoms with Gasteiger partial charge in [-0.2, -0.15) is 0 Å². The molecule has 4 heterocycles. The van der Waals surface area contributed by atoms with Gasteiger partial charge in [0.1, 0.15) is 11.5 Å². The molecule has 1 amide bonds. The molecule has 2 aromatic rings. The second-order valence-corrected chi connectivity index (χ2v) is 11.3. The minimum atomic E-state index is -0.429. The number of nitrogens with one attached hydrogen (secondary N) is 1. The molecular formula is C28H39N5O3. The van der Waals surface area contributed by atoms with E-state index in [1.54, 1.807) is 13.1 Å². The van der Waals surface area contributed by atoms with Gasteiger partial charge in [0.25, 0.3) is 0 Å². The highest BCUT2D eigenvalue weighted by Gasteiger charge is 2.53. The zero-order valence-corrected chi connectivity index (χ0v) is 22.5. The second kappa shape index (κ2) is 8.56. The van der Waals surface area contributed by atoms with Crippen LogP contribution in [0.1, 0.15) is 37.8 Å². The van der Waals surface area contributed by atoms with Crippen LogP contribution in [0.3, 0.4) is 0 Å². The van der Waals surface area contributed by atoms with Crippen molar-refractivity contribution in [1.29, 1.82) is 0 Å². The SMILES string of the molecule is CN1CC[C@@]2(C)c3cc(O)ccc3N(C)C12.CNC(=O)Oc1ccc2c(c1)[C@]1(C)CCN(C)C1N2C. The number of carbonyl (C=O) groups excluding carboxylic acids is 1. The molecule has 2 N–H and O–H groups in total. The van der Waals surface area contributed by atoms with Crippen molar-refractivity contribution in [3.05, 3.63) is 47.5 Å². The van der Waals surface area contributed by atoms with Crippen LogP contribution in [0.15, 0.2) is 36.4 Å². The Morgan fingerprint density at radius 3 is 1.92 bits per heavy atom. The lowest BCUT2D eigenvalue weighted by molar-refractivity contribution is 0.203.